The van der Waals surface area contributed by atoms with Gasteiger partial charge in [-0.1, -0.05) is 13.8 Å². The van der Waals surface area contributed by atoms with Gasteiger partial charge in [-0.3, -0.25) is 9.59 Å². The summed E-state index contributed by atoms with van der Waals surface area (Å²) in [6, 6.07) is 5.47. The van der Waals surface area contributed by atoms with Crippen molar-refractivity contribution in [2.45, 2.75) is 32.9 Å². The van der Waals surface area contributed by atoms with E-state index in [4.69, 9.17) is 0 Å². The average Bonchev–Trinajstić information content (AvgIpc) is 3.34. The number of hydrogen-bond acceptors (Lipinski definition) is 6. The third-order valence-electron chi connectivity index (χ3n) is 5.68. The van der Waals surface area contributed by atoms with Crippen LogP contribution in [0, 0.1) is 11.3 Å². The van der Waals surface area contributed by atoms with Gasteiger partial charge in [0.15, 0.2) is 6.33 Å². The molecule has 2 unspecified atom stereocenters. The Morgan fingerprint density at radius 3 is 2.89 bits per heavy atom. The topological polar surface area (TPSA) is 119 Å². The summed E-state index contributed by atoms with van der Waals surface area (Å²) in [6.45, 7) is 4.81. The van der Waals surface area contributed by atoms with Crippen molar-refractivity contribution >= 4 is 17.3 Å². The maximum atomic E-state index is 12.8. The summed E-state index contributed by atoms with van der Waals surface area (Å²) in [6.07, 6.45) is 5.59. The van der Waals surface area contributed by atoms with Crippen LogP contribution in [0.15, 0.2) is 36.9 Å². The first-order valence-corrected chi connectivity index (χ1v) is 9.16. The van der Waals surface area contributed by atoms with Gasteiger partial charge in [0.05, 0.1) is 17.3 Å². The molecule has 0 aliphatic heterocycles. The van der Waals surface area contributed by atoms with Gasteiger partial charge in [0.25, 0.3) is 5.91 Å². The number of hydrogen-bond donors (Lipinski definition) is 2. The van der Waals surface area contributed by atoms with E-state index >= 15 is 0 Å². The van der Waals surface area contributed by atoms with Gasteiger partial charge in [-0.2, -0.15) is 9.90 Å². The number of carbonyl (C=O) groups is 2. The van der Waals surface area contributed by atoms with Crippen molar-refractivity contribution in [1.29, 1.82) is 0 Å². The number of pyridine rings is 1. The predicted octanol–water partition coefficient (Wildman–Crippen LogP) is 0.282. The number of rotatable bonds is 6. The minimum atomic E-state index is -0.159. The minimum absolute atomic E-state index is 0.0436. The smallest absolute Gasteiger partial charge is 0.253 e. The normalized spacial score (nSPS) is 20.5. The van der Waals surface area contributed by atoms with E-state index in [-0.39, 0.29) is 35.7 Å². The van der Waals surface area contributed by atoms with Crippen molar-refractivity contribution in [3.05, 3.63) is 42.5 Å². The number of fused-ring (bicyclic) bond motifs is 1. The van der Waals surface area contributed by atoms with Crippen LogP contribution in [0.2, 0.25) is 0 Å². The molecule has 1 aliphatic carbocycles. The Morgan fingerprint density at radius 2 is 2.14 bits per heavy atom. The van der Waals surface area contributed by atoms with E-state index in [9.17, 15) is 9.59 Å². The van der Waals surface area contributed by atoms with Crippen LogP contribution in [0.3, 0.4) is 0 Å². The third-order valence-corrected chi connectivity index (χ3v) is 5.68. The molecule has 3 heterocycles. The Morgan fingerprint density at radius 1 is 1.29 bits per heavy atom. The maximum absolute atomic E-state index is 12.8. The van der Waals surface area contributed by atoms with Crippen LogP contribution < -0.4 is 10.6 Å². The summed E-state index contributed by atoms with van der Waals surface area (Å²) in [5, 5.41) is 21.3. The Kier molecular flexibility index (Phi) is 4.54. The molecule has 1 aliphatic rings. The fourth-order valence-corrected chi connectivity index (χ4v) is 3.67. The monoisotopic (exact) mass is 382 g/mol. The second-order valence-corrected chi connectivity index (χ2v) is 7.63. The standard InChI is InChI=1S/C18H22N8O2/c1-18(2)12(9-19-16(27)10-26-22-11-20-24-26)8-15(18)23-17(28)13-4-3-7-25-14(13)5-6-21-25/h3-7,11-12,15H,8-10H2,1-2H3,(H,19,27)(H,23,28). The summed E-state index contributed by atoms with van der Waals surface area (Å²) < 4.78 is 1.68. The van der Waals surface area contributed by atoms with E-state index in [1.54, 1.807) is 16.8 Å². The highest BCUT2D eigenvalue weighted by molar-refractivity contribution is 6.00. The summed E-state index contributed by atoms with van der Waals surface area (Å²) in [4.78, 5) is 26.0. The fraction of sp³-hybridized carbons (Fsp3) is 0.444. The van der Waals surface area contributed by atoms with Crippen molar-refractivity contribution in [1.82, 2.24) is 40.5 Å². The van der Waals surface area contributed by atoms with Crippen molar-refractivity contribution in [2.24, 2.45) is 11.3 Å². The quantitative estimate of drug-likeness (QED) is 0.632. The maximum Gasteiger partial charge on any atom is 0.253 e. The molecule has 1 fully saturated rings. The molecule has 1 saturated carbocycles. The molecule has 0 aromatic carbocycles. The van der Waals surface area contributed by atoms with Crippen molar-refractivity contribution < 1.29 is 9.59 Å². The molecule has 0 spiro atoms. The number of nitrogens with zero attached hydrogens (tertiary/aromatic N) is 6. The highest BCUT2D eigenvalue weighted by Crippen LogP contribution is 2.45. The molecular formula is C18H22N8O2. The van der Waals surface area contributed by atoms with E-state index in [0.29, 0.717) is 12.1 Å². The molecular weight excluding hydrogens is 360 g/mol. The fourth-order valence-electron chi connectivity index (χ4n) is 3.67. The van der Waals surface area contributed by atoms with Crippen molar-refractivity contribution in [2.75, 3.05) is 6.54 Å². The second kappa shape index (κ2) is 7.02. The minimum Gasteiger partial charge on any atom is -0.354 e. The lowest BCUT2D eigenvalue weighted by atomic mass is 9.58. The van der Waals surface area contributed by atoms with Gasteiger partial charge < -0.3 is 10.6 Å². The number of carbonyl (C=O) groups excluding carboxylic acids is 2. The molecule has 2 N–H and O–H groups in total. The predicted molar refractivity (Wildman–Crippen MR) is 99.2 cm³/mol. The van der Waals surface area contributed by atoms with E-state index in [1.165, 1.54) is 11.1 Å². The van der Waals surface area contributed by atoms with Crippen LogP contribution in [-0.4, -0.2) is 54.2 Å². The molecule has 28 heavy (non-hydrogen) atoms. The Labute approximate surface area is 161 Å². The third kappa shape index (κ3) is 3.32. The zero-order chi connectivity index (χ0) is 19.7. The molecule has 10 nitrogen and oxygen atoms in total. The van der Waals surface area contributed by atoms with Crippen LogP contribution in [0.25, 0.3) is 5.52 Å². The molecule has 146 valence electrons. The van der Waals surface area contributed by atoms with Gasteiger partial charge in [-0.05, 0) is 41.2 Å². The number of tetrazole rings is 1. The first kappa shape index (κ1) is 18.1. The summed E-state index contributed by atoms with van der Waals surface area (Å²) in [5.74, 6) is 0.00817. The van der Waals surface area contributed by atoms with Crippen LogP contribution in [0.5, 0.6) is 0 Å². The van der Waals surface area contributed by atoms with Gasteiger partial charge in [-0.25, -0.2) is 4.52 Å². The molecule has 3 aromatic heterocycles. The van der Waals surface area contributed by atoms with Gasteiger partial charge in [-0.15, -0.1) is 10.2 Å². The van der Waals surface area contributed by atoms with Gasteiger partial charge in [0.1, 0.15) is 6.54 Å². The van der Waals surface area contributed by atoms with Gasteiger partial charge in [0.2, 0.25) is 5.91 Å². The van der Waals surface area contributed by atoms with Crippen molar-refractivity contribution in [3.63, 3.8) is 0 Å². The van der Waals surface area contributed by atoms with Crippen molar-refractivity contribution in [3.8, 4) is 0 Å². The van der Waals surface area contributed by atoms with E-state index in [0.717, 1.165) is 11.9 Å². The molecule has 0 radical (unpaired) electrons. The Hall–Kier alpha value is -3.30. The number of aromatic nitrogens is 6. The molecule has 10 heteroatoms. The number of amides is 2. The van der Waals surface area contributed by atoms with Crippen LogP contribution in [-0.2, 0) is 11.3 Å². The lowest BCUT2D eigenvalue weighted by Crippen LogP contribution is -2.60. The second-order valence-electron chi connectivity index (χ2n) is 7.63. The molecule has 0 bridgehead atoms. The molecule has 0 saturated heterocycles. The summed E-state index contributed by atoms with van der Waals surface area (Å²) in [7, 11) is 0. The Balaban J connectivity index is 1.32. The first-order chi connectivity index (χ1) is 13.4. The van der Waals surface area contributed by atoms with Crippen LogP contribution in [0.4, 0.5) is 0 Å². The Bertz CT molecular complexity index is 994. The zero-order valence-electron chi connectivity index (χ0n) is 15.7. The molecule has 4 rings (SSSR count). The lowest BCUT2D eigenvalue weighted by Gasteiger charge is -2.52. The first-order valence-electron chi connectivity index (χ1n) is 9.16. The highest BCUT2D eigenvalue weighted by atomic mass is 16.2. The number of nitrogens with one attached hydrogen (secondary N) is 2. The summed E-state index contributed by atoms with van der Waals surface area (Å²) >= 11 is 0. The highest BCUT2D eigenvalue weighted by Gasteiger charge is 2.48. The van der Waals surface area contributed by atoms with Gasteiger partial charge in [0, 0.05) is 18.8 Å². The van der Waals surface area contributed by atoms with E-state index in [2.05, 4.69) is 45.0 Å². The SMILES string of the molecule is CC1(C)C(CNC(=O)Cn2ncnn2)CC1NC(=O)c1cccn2nccc12. The van der Waals surface area contributed by atoms with E-state index in [1.807, 2.05) is 18.3 Å². The molecule has 2 atom stereocenters. The van der Waals surface area contributed by atoms with Crippen LogP contribution >= 0.6 is 0 Å². The zero-order valence-corrected chi connectivity index (χ0v) is 15.7. The van der Waals surface area contributed by atoms with E-state index < -0.39 is 0 Å². The summed E-state index contributed by atoms with van der Waals surface area (Å²) in [5.41, 5.74) is 1.26. The van der Waals surface area contributed by atoms with Crippen LogP contribution in [0.1, 0.15) is 30.6 Å². The van der Waals surface area contributed by atoms with Gasteiger partial charge >= 0.3 is 0 Å². The largest absolute Gasteiger partial charge is 0.354 e. The average molecular weight is 382 g/mol. The molecule has 3 aromatic rings. The molecule has 2 amide bonds. The lowest BCUT2D eigenvalue weighted by molar-refractivity contribution is -0.123.